The first-order valence-electron chi connectivity index (χ1n) is 3.63. The molecular weight excluding hydrogens is 154 g/mol. The first-order valence-corrected chi connectivity index (χ1v) is 3.63. The summed E-state index contributed by atoms with van der Waals surface area (Å²) in [4.78, 5) is 0. The average Bonchev–Trinajstić information content (AvgIpc) is 2.04. The summed E-state index contributed by atoms with van der Waals surface area (Å²) in [6.45, 7) is 0.383. The Morgan fingerprint density at radius 1 is 1.25 bits per heavy atom. The lowest BCUT2D eigenvalue weighted by atomic mass is 10.1. The van der Waals surface area contributed by atoms with E-state index in [1.807, 2.05) is 0 Å². The molecule has 0 amide bonds. The molecule has 0 unspecified atom stereocenters. The van der Waals surface area contributed by atoms with Crippen molar-refractivity contribution in [3.05, 3.63) is 29.8 Å². The summed E-state index contributed by atoms with van der Waals surface area (Å²) in [5, 5.41) is 18.5. The Morgan fingerprint density at radius 2 is 1.83 bits per heavy atom. The summed E-state index contributed by atoms with van der Waals surface area (Å²) in [6.07, 6.45) is 3.25. The van der Waals surface area contributed by atoms with Crippen LogP contribution >= 0.6 is 0 Å². The molecule has 1 aromatic rings. The van der Waals surface area contributed by atoms with Crippen molar-refractivity contribution in [3.63, 3.8) is 0 Å². The lowest BCUT2D eigenvalue weighted by Crippen LogP contribution is -1.92. The number of phenols is 2. The zero-order chi connectivity index (χ0) is 8.97. The second kappa shape index (κ2) is 3.78. The highest BCUT2D eigenvalue weighted by Gasteiger charge is 2.00. The molecule has 0 saturated heterocycles. The van der Waals surface area contributed by atoms with Gasteiger partial charge in [0, 0.05) is 6.54 Å². The van der Waals surface area contributed by atoms with E-state index in [0.717, 1.165) is 0 Å². The lowest BCUT2D eigenvalue weighted by molar-refractivity contribution is 0.448. The van der Waals surface area contributed by atoms with Crippen molar-refractivity contribution in [2.24, 2.45) is 5.73 Å². The molecule has 12 heavy (non-hydrogen) atoms. The van der Waals surface area contributed by atoms with E-state index < -0.39 is 0 Å². The Hall–Kier alpha value is -1.48. The molecule has 0 aliphatic heterocycles. The zero-order valence-corrected chi connectivity index (χ0v) is 6.57. The van der Waals surface area contributed by atoms with Crippen LogP contribution in [0.4, 0.5) is 0 Å². The van der Waals surface area contributed by atoms with Crippen LogP contribution in [0.3, 0.4) is 0 Å². The minimum atomic E-state index is 0.0553. The first kappa shape index (κ1) is 8.62. The molecule has 3 heteroatoms. The second-order valence-corrected chi connectivity index (χ2v) is 2.35. The molecule has 0 aromatic heterocycles. The van der Waals surface area contributed by atoms with Crippen LogP contribution in [-0.4, -0.2) is 16.8 Å². The van der Waals surface area contributed by atoms with Gasteiger partial charge in [-0.1, -0.05) is 18.2 Å². The molecular formula is C9H11NO2. The lowest BCUT2D eigenvalue weighted by Gasteiger charge is -2.00. The summed E-state index contributed by atoms with van der Waals surface area (Å²) in [5.41, 5.74) is 5.63. The fraction of sp³-hybridized carbons (Fsp3) is 0.111. The van der Waals surface area contributed by atoms with Crippen LogP contribution in [0, 0.1) is 0 Å². The van der Waals surface area contributed by atoms with E-state index in [9.17, 15) is 10.2 Å². The average molecular weight is 165 g/mol. The Bertz CT molecular complexity index is 274. The Kier molecular flexibility index (Phi) is 2.71. The van der Waals surface area contributed by atoms with Gasteiger partial charge in [-0.2, -0.15) is 0 Å². The second-order valence-electron chi connectivity index (χ2n) is 2.35. The number of rotatable bonds is 2. The number of hydrogen-bond acceptors (Lipinski definition) is 3. The van der Waals surface area contributed by atoms with Crippen LogP contribution < -0.4 is 5.73 Å². The van der Waals surface area contributed by atoms with Crippen LogP contribution in [0.2, 0.25) is 0 Å². The van der Waals surface area contributed by atoms with Crippen LogP contribution in [0.25, 0.3) is 6.08 Å². The van der Waals surface area contributed by atoms with E-state index in [1.54, 1.807) is 18.2 Å². The standard InChI is InChI=1S/C9H11NO2/c10-6-2-3-7-8(11)4-1-5-9(7)12/h1-5,11-12H,6,10H2/b3-2+. The van der Waals surface area contributed by atoms with E-state index in [-0.39, 0.29) is 11.5 Å². The van der Waals surface area contributed by atoms with Crippen LogP contribution in [-0.2, 0) is 0 Å². The van der Waals surface area contributed by atoms with E-state index in [4.69, 9.17) is 5.73 Å². The van der Waals surface area contributed by atoms with Gasteiger partial charge in [0.15, 0.2) is 0 Å². The van der Waals surface area contributed by atoms with Gasteiger partial charge < -0.3 is 15.9 Å². The first-order chi connectivity index (χ1) is 5.75. The van der Waals surface area contributed by atoms with Crippen molar-refractivity contribution in [1.29, 1.82) is 0 Å². The summed E-state index contributed by atoms with van der Waals surface area (Å²) in [7, 11) is 0. The van der Waals surface area contributed by atoms with Gasteiger partial charge in [-0.05, 0) is 12.1 Å². The summed E-state index contributed by atoms with van der Waals surface area (Å²) < 4.78 is 0. The topological polar surface area (TPSA) is 66.5 Å². The van der Waals surface area contributed by atoms with Crippen molar-refractivity contribution in [2.45, 2.75) is 0 Å². The fourth-order valence-corrected chi connectivity index (χ4v) is 0.898. The number of benzene rings is 1. The van der Waals surface area contributed by atoms with Crippen molar-refractivity contribution in [3.8, 4) is 11.5 Å². The number of aromatic hydroxyl groups is 2. The van der Waals surface area contributed by atoms with E-state index >= 15 is 0 Å². The van der Waals surface area contributed by atoms with Crippen molar-refractivity contribution in [2.75, 3.05) is 6.54 Å². The van der Waals surface area contributed by atoms with Gasteiger partial charge in [-0.25, -0.2) is 0 Å². The molecule has 0 radical (unpaired) electrons. The van der Waals surface area contributed by atoms with Gasteiger partial charge in [0.1, 0.15) is 11.5 Å². The molecule has 0 saturated carbocycles. The highest BCUT2D eigenvalue weighted by atomic mass is 16.3. The molecule has 0 aliphatic carbocycles. The molecule has 64 valence electrons. The van der Waals surface area contributed by atoms with Gasteiger partial charge in [0.05, 0.1) is 5.56 Å². The van der Waals surface area contributed by atoms with E-state index in [0.29, 0.717) is 12.1 Å². The van der Waals surface area contributed by atoms with Crippen molar-refractivity contribution >= 4 is 6.08 Å². The summed E-state index contributed by atoms with van der Waals surface area (Å²) >= 11 is 0. The number of hydrogen-bond donors (Lipinski definition) is 3. The fourth-order valence-electron chi connectivity index (χ4n) is 0.898. The molecule has 0 spiro atoms. The zero-order valence-electron chi connectivity index (χ0n) is 6.57. The highest BCUT2D eigenvalue weighted by molar-refractivity contribution is 5.63. The van der Waals surface area contributed by atoms with Gasteiger partial charge in [0.25, 0.3) is 0 Å². The molecule has 0 bridgehead atoms. The molecule has 3 nitrogen and oxygen atoms in total. The minimum Gasteiger partial charge on any atom is -0.507 e. The minimum absolute atomic E-state index is 0.0553. The SMILES string of the molecule is NC/C=C/c1c(O)cccc1O. The van der Waals surface area contributed by atoms with Gasteiger partial charge in [-0.3, -0.25) is 0 Å². The van der Waals surface area contributed by atoms with Gasteiger partial charge >= 0.3 is 0 Å². The van der Waals surface area contributed by atoms with Crippen molar-refractivity contribution in [1.82, 2.24) is 0 Å². The molecule has 4 N–H and O–H groups in total. The predicted molar refractivity (Wildman–Crippen MR) is 47.9 cm³/mol. The monoisotopic (exact) mass is 165 g/mol. The molecule has 0 atom stereocenters. The highest BCUT2D eigenvalue weighted by Crippen LogP contribution is 2.27. The third-order valence-electron chi connectivity index (χ3n) is 1.48. The van der Waals surface area contributed by atoms with E-state index in [2.05, 4.69) is 0 Å². The number of phenolic OH excluding ortho intramolecular Hbond substituents is 2. The molecule has 1 aromatic carbocycles. The Labute approximate surface area is 70.8 Å². The maximum atomic E-state index is 9.27. The Morgan fingerprint density at radius 3 is 2.33 bits per heavy atom. The normalized spacial score (nSPS) is 10.8. The van der Waals surface area contributed by atoms with Crippen LogP contribution in [0.15, 0.2) is 24.3 Å². The van der Waals surface area contributed by atoms with Crippen LogP contribution in [0.1, 0.15) is 5.56 Å². The third-order valence-corrected chi connectivity index (χ3v) is 1.48. The third kappa shape index (κ3) is 1.77. The van der Waals surface area contributed by atoms with Gasteiger partial charge in [0.2, 0.25) is 0 Å². The molecule has 0 heterocycles. The van der Waals surface area contributed by atoms with Gasteiger partial charge in [-0.15, -0.1) is 0 Å². The Balaban J connectivity index is 3.04. The van der Waals surface area contributed by atoms with E-state index in [1.165, 1.54) is 12.1 Å². The maximum absolute atomic E-state index is 9.27. The molecule has 1 rings (SSSR count). The molecule has 0 aliphatic rings. The maximum Gasteiger partial charge on any atom is 0.126 e. The quantitative estimate of drug-likeness (QED) is 0.614. The predicted octanol–water partition coefficient (Wildman–Crippen LogP) is 1.07. The largest absolute Gasteiger partial charge is 0.507 e. The molecule has 0 fully saturated rings. The van der Waals surface area contributed by atoms with Crippen molar-refractivity contribution < 1.29 is 10.2 Å². The number of nitrogens with two attached hydrogens (primary N) is 1. The van der Waals surface area contributed by atoms with Crippen LogP contribution in [0.5, 0.6) is 11.5 Å². The summed E-state index contributed by atoms with van der Waals surface area (Å²) in [5.74, 6) is 0.111. The summed E-state index contributed by atoms with van der Waals surface area (Å²) in [6, 6.07) is 4.59. The smallest absolute Gasteiger partial charge is 0.126 e.